The van der Waals surface area contributed by atoms with Crippen LogP contribution in [0.4, 0.5) is 0 Å². The van der Waals surface area contributed by atoms with Crippen LogP contribution in [-0.4, -0.2) is 6.61 Å². The van der Waals surface area contributed by atoms with Crippen LogP contribution in [0.1, 0.15) is 39.0 Å². The summed E-state index contributed by atoms with van der Waals surface area (Å²) in [5.74, 6) is 0.873. The molecule has 0 aliphatic heterocycles. The molecule has 1 nitrogen and oxygen atoms in total. The fourth-order valence-electron chi connectivity index (χ4n) is 1.45. The van der Waals surface area contributed by atoms with E-state index in [0.29, 0.717) is 0 Å². The zero-order valence-electron chi connectivity index (χ0n) is 9.34. The van der Waals surface area contributed by atoms with Crippen LogP contribution in [-0.2, 0) is 0 Å². The third-order valence-electron chi connectivity index (χ3n) is 2.31. The van der Waals surface area contributed by atoms with Crippen molar-refractivity contribution in [3.63, 3.8) is 0 Å². The van der Waals surface area contributed by atoms with E-state index in [1.54, 1.807) is 0 Å². The minimum Gasteiger partial charge on any atom is -0.494 e. The van der Waals surface area contributed by atoms with Crippen LogP contribution in [0, 0.1) is 0 Å². The lowest BCUT2D eigenvalue weighted by molar-refractivity contribution is 0.304. The third kappa shape index (κ3) is 5.68. The van der Waals surface area contributed by atoms with Gasteiger partial charge in [-0.3, -0.25) is 0 Å². The SMILES string of the molecule is CCCCCCCOc1cccc(Cl)c1. The van der Waals surface area contributed by atoms with Crippen molar-refractivity contribution in [1.29, 1.82) is 0 Å². The first-order valence-corrected chi connectivity index (χ1v) is 6.09. The summed E-state index contributed by atoms with van der Waals surface area (Å²) in [6, 6.07) is 7.57. The molecule has 1 aromatic carbocycles. The van der Waals surface area contributed by atoms with Gasteiger partial charge in [-0.2, -0.15) is 0 Å². The lowest BCUT2D eigenvalue weighted by atomic mass is 10.2. The van der Waals surface area contributed by atoms with Crippen LogP contribution < -0.4 is 4.74 Å². The van der Waals surface area contributed by atoms with E-state index in [1.807, 2.05) is 24.3 Å². The Labute approximate surface area is 97.4 Å². The van der Waals surface area contributed by atoms with E-state index in [4.69, 9.17) is 16.3 Å². The van der Waals surface area contributed by atoms with E-state index in [2.05, 4.69) is 6.92 Å². The van der Waals surface area contributed by atoms with Crippen LogP contribution in [0.15, 0.2) is 24.3 Å². The van der Waals surface area contributed by atoms with Crippen LogP contribution in [0.3, 0.4) is 0 Å². The molecule has 0 bridgehead atoms. The second-order valence-corrected chi connectivity index (χ2v) is 4.16. The van der Waals surface area contributed by atoms with Gasteiger partial charge in [0.05, 0.1) is 6.61 Å². The highest BCUT2D eigenvalue weighted by Crippen LogP contribution is 2.17. The quantitative estimate of drug-likeness (QED) is 0.613. The van der Waals surface area contributed by atoms with Crippen molar-refractivity contribution < 1.29 is 4.74 Å². The first-order chi connectivity index (χ1) is 7.33. The molecule has 0 aliphatic rings. The van der Waals surface area contributed by atoms with Gasteiger partial charge in [-0.15, -0.1) is 0 Å². The molecule has 0 spiro atoms. The molecule has 0 fully saturated rings. The molecule has 0 N–H and O–H groups in total. The third-order valence-corrected chi connectivity index (χ3v) is 2.55. The largest absolute Gasteiger partial charge is 0.494 e. The number of halogens is 1. The van der Waals surface area contributed by atoms with Gasteiger partial charge in [0.1, 0.15) is 5.75 Å². The van der Waals surface area contributed by atoms with Crippen molar-refractivity contribution in [1.82, 2.24) is 0 Å². The van der Waals surface area contributed by atoms with Gasteiger partial charge in [-0.1, -0.05) is 50.3 Å². The van der Waals surface area contributed by atoms with Crippen LogP contribution in [0.25, 0.3) is 0 Å². The second-order valence-electron chi connectivity index (χ2n) is 3.72. The molecule has 0 aromatic heterocycles. The molecular weight excluding hydrogens is 208 g/mol. The van der Waals surface area contributed by atoms with E-state index in [9.17, 15) is 0 Å². The predicted octanol–water partition coefficient (Wildman–Crippen LogP) is 4.69. The molecule has 2 heteroatoms. The van der Waals surface area contributed by atoms with Crippen LogP contribution in [0.5, 0.6) is 5.75 Å². The molecule has 0 radical (unpaired) electrons. The summed E-state index contributed by atoms with van der Waals surface area (Å²) in [5.41, 5.74) is 0. The Balaban J connectivity index is 2.10. The molecular formula is C13H19ClO. The predicted molar refractivity (Wildman–Crippen MR) is 65.7 cm³/mol. The van der Waals surface area contributed by atoms with Gasteiger partial charge in [0.2, 0.25) is 0 Å². The molecule has 1 rings (SSSR count). The molecule has 0 saturated heterocycles. The fraction of sp³-hybridized carbons (Fsp3) is 0.538. The topological polar surface area (TPSA) is 9.23 Å². The Morgan fingerprint density at radius 1 is 1.13 bits per heavy atom. The van der Waals surface area contributed by atoms with Gasteiger partial charge in [-0.25, -0.2) is 0 Å². The van der Waals surface area contributed by atoms with Crippen molar-refractivity contribution in [2.45, 2.75) is 39.0 Å². The van der Waals surface area contributed by atoms with Gasteiger partial charge in [0.25, 0.3) is 0 Å². The molecule has 0 aliphatic carbocycles. The Morgan fingerprint density at radius 3 is 2.67 bits per heavy atom. The minimum atomic E-state index is 0.735. The zero-order valence-corrected chi connectivity index (χ0v) is 10.1. The number of benzene rings is 1. The standard InChI is InChI=1S/C13H19ClO/c1-2-3-4-5-6-10-15-13-9-7-8-12(14)11-13/h7-9,11H,2-6,10H2,1H3. The van der Waals surface area contributed by atoms with Crippen LogP contribution in [0.2, 0.25) is 5.02 Å². The Kier molecular flexibility index (Phi) is 6.26. The summed E-state index contributed by atoms with van der Waals surface area (Å²) in [5, 5.41) is 0.735. The highest BCUT2D eigenvalue weighted by atomic mass is 35.5. The molecule has 1 aromatic rings. The first kappa shape index (κ1) is 12.4. The number of hydrogen-bond acceptors (Lipinski definition) is 1. The second kappa shape index (κ2) is 7.58. The van der Waals surface area contributed by atoms with Crippen LogP contribution >= 0.6 is 11.6 Å². The van der Waals surface area contributed by atoms with Gasteiger partial charge < -0.3 is 4.74 Å². The number of unbranched alkanes of at least 4 members (excludes halogenated alkanes) is 4. The summed E-state index contributed by atoms with van der Waals surface area (Å²) in [4.78, 5) is 0. The molecule has 15 heavy (non-hydrogen) atoms. The average molecular weight is 227 g/mol. The maximum absolute atomic E-state index is 5.85. The fourth-order valence-corrected chi connectivity index (χ4v) is 1.63. The highest BCUT2D eigenvalue weighted by molar-refractivity contribution is 6.30. The first-order valence-electron chi connectivity index (χ1n) is 5.71. The summed E-state index contributed by atoms with van der Waals surface area (Å²) < 4.78 is 5.58. The molecule has 0 saturated carbocycles. The number of rotatable bonds is 7. The summed E-state index contributed by atoms with van der Waals surface area (Å²) in [6.45, 7) is 3.02. The number of hydrogen-bond donors (Lipinski definition) is 0. The van der Waals surface area contributed by atoms with Crippen molar-refractivity contribution in [2.24, 2.45) is 0 Å². The van der Waals surface area contributed by atoms with Crippen molar-refractivity contribution in [2.75, 3.05) is 6.61 Å². The lowest BCUT2D eigenvalue weighted by Gasteiger charge is -2.05. The molecule has 0 heterocycles. The van der Waals surface area contributed by atoms with Gasteiger partial charge in [0, 0.05) is 5.02 Å². The van der Waals surface area contributed by atoms with E-state index in [0.717, 1.165) is 23.8 Å². The summed E-state index contributed by atoms with van der Waals surface area (Å²) >= 11 is 5.85. The van der Waals surface area contributed by atoms with E-state index in [-0.39, 0.29) is 0 Å². The van der Waals surface area contributed by atoms with Gasteiger partial charge >= 0.3 is 0 Å². The van der Waals surface area contributed by atoms with Gasteiger partial charge in [-0.05, 0) is 24.6 Å². The van der Waals surface area contributed by atoms with E-state index < -0.39 is 0 Å². The monoisotopic (exact) mass is 226 g/mol. The van der Waals surface area contributed by atoms with Crippen molar-refractivity contribution in [3.8, 4) is 5.75 Å². The van der Waals surface area contributed by atoms with Crippen molar-refractivity contribution >= 4 is 11.6 Å². The summed E-state index contributed by atoms with van der Waals surface area (Å²) in [7, 11) is 0. The molecule has 84 valence electrons. The van der Waals surface area contributed by atoms with E-state index in [1.165, 1.54) is 25.7 Å². The number of ether oxygens (including phenoxy) is 1. The molecule has 0 unspecified atom stereocenters. The normalized spacial score (nSPS) is 10.3. The summed E-state index contributed by atoms with van der Waals surface area (Å²) in [6.07, 6.45) is 6.32. The zero-order chi connectivity index (χ0) is 10.9. The lowest BCUT2D eigenvalue weighted by Crippen LogP contribution is -1.96. The maximum atomic E-state index is 5.85. The maximum Gasteiger partial charge on any atom is 0.120 e. The minimum absolute atomic E-state index is 0.735. The average Bonchev–Trinajstić information content (AvgIpc) is 2.23. The molecule has 0 atom stereocenters. The Hall–Kier alpha value is -0.690. The Morgan fingerprint density at radius 2 is 1.93 bits per heavy atom. The van der Waals surface area contributed by atoms with Gasteiger partial charge in [0.15, 0.2) is 0 Å². The highest BCUT2D eigenvalue weighted by Gasteiger charge is 1.94. The Bertz CT molecular complexity index is 273. The smallest absolute Gasteiger partial charge is 0.120 e. The van der Waals surface area contributed by atoms with Crippen molar-refractivity contribution in [3.05, 3.63) is 29.3 Å². The molecule has 0 amide bonds. The van der Waals surface area contributed by atoms with E-state index >= 15 is 0 Å².